The zero-order valence-corrected chi connectivity index (χ0v) is 35.4. The fourth-order valence-electron chi connectivity index (χ4n) is 9.13. The van der Waals surface area contributed by atoms with E-state index < -0.39 is 33.9 Å². The summed E-state index contributed by atoms with van der Waals surface area (Å²) in [6.07, 6.45) is 9.66. The van der Waals surface area contributed by atoms with Gasteiger partial charge in [-0.2, -0.15) is 17.8 Å². The molecule has 62 heavy (non-hydrogen) atoms. The molecule has 324 valence electrons. The van der Waals surface area contributed by atoms with E-state index in [-0.39, 0.29) is 40.7 Å². The average Bonchev–Trinajstić information content (AvgIpc) is 3.95. The first-order valence-corrected chi connectivity index (χ1v) is 22.7. The number of imide groups is 1. The molecule has 7 heterocycles. The van der Waals surface area contributed by atoms with Gasteiger partial charge in [-0.3, -0.25) is 24.9 Å². The smallest absolute Gasteiger partial charge is 0.328 e. The molecule has 2 aromatic carbocycles. The van der Waals surface area contributed by atoms with Crippen LogP contribution in [0.25, 0.3) is 28.1 Å². The van der Waals surface area contributed by atoms with Gasteiger partial charge >= 0.3 is 6.03 Å². The Kier molecular flexibility index (Phi) is 11.7. The Balaban J connectivity index is 0.850. The first kappa shape index (κ1) is 41.8. The fraction of sp³-hybridized carbons (Fsp3) is 0.372. The highest BCUT2D eigenvalue weighted by Crippen LogP contribution is 2.42. The number of anilines is 3. The molecular formula is C43H46ClF2N11O4S. The van der Waals surface area contributed by atoms with Crippen molar-refractivity contribution in [1.82, 2.24) is 34.3 Å². The van der Waals surface area contributed by atoms with Crippen LogP contribution in [0, 0.1) is 17.6 Å². The standard InChI is InChI=1S/C43H46ClF2N11O4S/c44-30-22-33(41(46)34(23-30)37-2-1-14-57(37)62(47,60)61)35-27-56(51-42(35)29-7-12-48-13-8-29)38-5-3-31(24-36(38)45)53-20-18-52(19-21-53)26-28-9-15-54(16-10-28)39-6-4-32(25-49-39)55-17-11-40(58)50-43(55)59/h3-8,12-13,22-25,27-28,37H,1-2,9-11,14-21,26H2,(H2,47,60,61)(H,50,58,59). The lowest BCUT2D eigenvalue weighted by molar-refractivity contribution is -0.120. The first-order chi connectivity index (χ1) is 29.9. The van der Waals surface area contributed by atoms with Crippen molar-refractivity contribution in [2.45, 2.75) is 38.1 Å². The summed E-state index contributed by atoms with van der Waals surface area (Å²) in [7, 11) is -4.10. The van der Waals surface area contributed by atoms with Crippen molar-refractivity contribution in [3.63, 3.8) is 0 Å². The van der Waals surface area contributed by atoms with Gasteiger partial charge in [0, 0.05) is 117 Å². The van der Waals surface area contributed by atoms with Crippen molar-refractivity contribution in [2.24, 2.45) is 11.1 Å². The molecule has 5 aromatic rings. The highest BCUT2D eigenvalue weighted by molar-refractivity contribution is 7.86. The van der Waals surface area contributed by atoms with Crippen LogP contribution in [0.1, 0.15) is 43.7 Å². The van der Waals surface area contributed by atoms with Gasteiger partial charge in [0.25, 0.3) is 10.2 Å². The van der Waals surface area contributed by atoms with E-state index >= 15 is 8.78 Å². The molecular weight excluding hydrogens is 840 g/mol. The molecule has 4 saturated heterocycles. The van der Waals surface area contributed by atoms with Crippen LogP contribution in [0.5, 0.6) is 0 Å². The van der Waals surface area contributed by atoms with Gasteiger partial charge in [0.05, 0.1) is 17.9 Å². The Hall–Kier alpha value is -5.53. The van der Waals surface area contributed by atoms with E-state index in [2.05, 4.69) is 30.0 Å². The number of urea groups is 1. The molecule has 3 aromatic heterocycles. The Morgan fingerprint density at radius 2 is 1.60 bits per heavy atom. The molecule has 4 aliphatic rings. The molecule has 0 bridgehead atoms. The van der Waals surface area contributed by atoms with E-state index in [4.69, 9.17) is 21.8 Å². The Bertz CT molecular complexity index is 2590. The van der Waals surface area contributed by atoms with Gasteiger partial charge in [-0.15, -0.1) is 0 Å². The Morgan fingerprint density at radius 1 is 0.839 bits per heavy atom. The Labute approximate surface area is 363 Å². The summed E-state index contributed by atoms with van der Waals surface area (Å²) < 4.78 is 60.0. The molecule has 15 nitrogen and oxygen atoms in total. The fourth-order valence-corrected chi connectivity index (χ4v) is 10.3. The van der Waals surface area contributed by atoms with E-state index in [0.717, 1.165) is 74.5 Å². The van der Waals surface area contributed by atoms with Crippen molar-refractivity contribution in [3.05, 3.63) is 102 Å². The normalized spacial score (nSPS) is 19.7. The van der Waals surface area contributed by atoms with Crippen LogP contribution in [-0.4, -0.2) is 108 Å². The molecule has 0 aliphatic carbocycles. The summed E-state index contributed by atoms with van der Waals surface area (Å²) in [6.45, 7) is 6.47. The van der Waals surface area contributed by atoms with Gasteiger partial charge in [-0.25, -0.2) is 28.4 Å². The van der Waals surface area contributed by atoms with E-state index in [1.165, 1.54) is 27.8 Å². The predicted octanol–water partition coefficient (Wildman–Crippen LogP) is 5.75. The monoisotopic (exact) mass is 885 g/mol. The molecule has 19 heteroatoms. The highest BCUT2D eigenvalue weighted by Gasteiger charge is 2.36. The first-order valence-electron chi connectivity index (χ1n) is 20.8. The number of hydrogen-bond donors (Lipinski definition) is 2. The summed E-state index contributed by atoms with van der Waals surface area (Å²) in [4.78, 5) is 40.9. The summed E-state index contributed by atoms with van der Waals surface area (Å²) in [5, 5.41) is 12.8. The summed E-state index contributed by atoms with van der Waals surface area (Å²) in [6, 6.07) is 14.0. The maximum atomic E-state index is 16.6. The maximum absolute atomic E-state index is 16.6. The second-order valence-corrected chi connectivity index (χ2v) is 18.2. The molecule has 9 rings (SSSR count). The van der Waals surface area contributed by atoms with Crippen molar-refractivity contribution in [1.29, 1.82) is 0 Å². The zero-order valence-electron chi connectivity index (χ0n) is 33.8. The molecule has 0 saturated carbocycles. The minimum absolute atomic E-state index is 0.0983. The van der Waals surface area contributed by atoms with Crippen LogP contribution in [0.2, 0.25) is 5.02 Å². The second kappa shape index (κ2) is 17.3. The van der Waals surface area contributed by atoms with Crippen LogP contribution in [0.4, 0.5) is 30.8 Å². The third kappa shape index (κ3) is 8.61. The topological polar surface area (TPSA) is 166 Å². The largest absolute Gasteiger partial charge is 0.369 e. The number of piperazine rings is 1. The lowest BCUT2D eigenvalue weighted by atomic mass is 9.96. The minimum Gasteiger partial charge on any atom is -0.369 e. The number of carbonyl (C=O) groups excluding carboxylic acids is 2. The molecule has 4 fully saturated rings. The molecule has 3 N–H and O–H groups in total. The van der Waals surface area contributed by atoms with E-state index in [1.807, 2.05) is 18.2 Å². The summed E-state index contributed by atoms with van der Waals surface area (Å²) in [5.41, 5.74) is 3.15. The molecule has 3 amide bonds. The SMILES string of the molecule is NS(=O)(=O)N1CCCC1c1cc(Cl)cc(-c2cn(-c3ccc(N4CCN(CC5CCN(c6ccc(N7CCC(=O)NC7=O)cn6)CC5)CC4)cc3F)nc2-c2ccncc2)c1F. The van der Waals surface area contributed by atoms with Crippen molar-refractivity contribution < 1.29 is 26.8 Å². The third-order valence-corrected chi connectivity index (χ3v) is 13.7. The van der Waals surface area contributed by atoms with E-state index in [0.29, 0.717) is 47.8 Å². The number of rotatable bonds is 10. The van der Waals surface area contributed by atoms with Crippen LogP contribution in [0.15, 0.2) is 79.4 Å². The van der Waals surface area contributed by atoms with Crippen LogP contribution < -0.4 is 25.2 Å². The van der Waals surface area contributed by atoms with Crippen molar-refractivity contribution >= 4 is 50.9 Å². The lowest BCUT2D eigenvalue weighted by Crippen LogP contribution is -2.49. The van der Waals surface area contributed by atoms with E-state index in [9.17, 15) is 18.0 Å². The highest BCUT2D eigenvalue weighted by atomic mass is 35.5. The number of amides is 3. The van der Waals surface area contributed by atoms with Gasteiger partial charge in [-0.1, -0.05) is 11.6 Å². The molecule has 0 radical (unpaired) electrons. The van der Waals surface area contributed by atoms with Gasteiger partial charge in [0.1, 0.15) is 23.0 Å². The Morgan fingerprint density at radius 3 is 2.29 bits per heavy atom. The van der Waals surface area contributed by atoms with Gasteiger partial charge in [-0.05, 0) is 86.2 Å². The number of hydrogen-bond acceptors (Lipinski definition) is 10. The number of carbonyl (C=O) groups is 2. The van der Waals surface area contributed by atoms with Crippen LogP contribution in [-0.2, 0) is 15.0 Å². The van der Waals surface area contributed by atoms with Gasteiger partial charge in [0.15, 0.2) is 5.82 Å². The van der Waals surface area contributed by atoms with E-state index in [1.54, 1.807) is 43.0 Å². The number of pyridine rings is 2. The number of benzene rings is 2. The number of nitrogens with one attached hydrogen (secondary N) is 1. The van der Waals surface area contributed by atoms with Gasteiger partial charge in [0.2, 0.25) is 5.91 Å². The molecule has 1 unspecified atom stereocenters. The third-order valence-electron chi connectivity index (χ3n) is 12.4. The number of aromatic nitrogens is 4. The zero-order chi connectivity index (χ0) is 43.1. The van der Waals surface area contributed by atoms with Crippen molar-refractivity contribution in [2.75, 3.05) is 73.6 Å². The van der Waals surface area contributed by atoms with Crippen molar-refractivity contribution in [3.8, 4) is 28.1 Å². The quantitative estimate of drug-likeness (QED) is 0.176. The lowest BCUT2D eigenvalue weighted by Gasteiger charge is -2.40. The van der Waals surface area contributed by atoms with Gasteiger partial charge < -0.3 is 9.80 Å². The summed E-state index contributed by atoms with van der Waals surface area (Å²) >= 11 is 6.57. The number of nitrogens with zero attached hydrogens (tertiary/aromatic N) is 9. The summed E-state index contributed by atoms with van der Waals surface area (Å²) in [5.74, 6) is 0.00590. The predicted molar refractivity (Wildman–Crippen MR) is 232 cm³/mol. The van der Waals surface area contributed by atoms with Crippen LogP contribution in [0.3, 0.4) is 0 Å². The number of nitrogens with two attached hydrogens (primary N) is 1. The number of halogens is 3. The van der Waals surface area contributed by atoms with Crippen LogP contribution >= 0.6 is 11.6 Å². The minimum atomic E-state index is -4.10. The molecule has 4 aliphatic heterocycles. The molecule has 1 atom stereocenters. The number of piperidine rings is 1. The molecule has 0 spiro atoms. The maximum Gasteiger partial charge on any atom is 0.328 e. The second-order valence-electron chi connectivity index (χ2n) is 16.2. The average molecular weight is 886 g/mol.